The minimum atomic E-state index is 0.894. The van der Waals surface area contributed by atoms with Gasteiger partial charge in [0.1, 0.15) is 0 Å². The molecule has 0 aromatic heterocycles. The Balaban J connectivity index is 0.000000180. The molecule has 0 aliphatic rings. The number of hydrogen-bond acceptors (Lipinski definition) is 2. The van der Waals surface area contributed by atoms with Crippen molar-refractivity contribution in [3.8, 4) is 0 Å². The Morgan fingerprint density at radius 1 is 0.281 bits per heavy atom. The lowest BCUT2D eigenvalue weighted by Crippen LogP contribution is -1.74. The second-order valence-electron chi connectivity index (χ2n) is 7.54. The third kappa shape index (κ3) is 4.26. The third-order valence-electron chi connectivity index (χ3n) is 5.46. The summed E-state index contributed by atoms with van der Waals surface area (Å²) in [5, 5.41) is 16.2. The van der Waals surface area contributed by atoms with E-state index in [0.29, 0.717) is 0 Å². The van der Waals surface area contributed by atoms with E-state index in [0.717, 1.165) is 22.1 Å². The zero-order valence-corrected chi connectivity index (χ0v) is 17.6. The molecule has 152 valence electrons. The van der Waals surface area contributed by atoms with Gasteiger partial charge < -0.3 is 0 Å². The first-order valence-electron chi connectivity index (χ1n) is 10.7. The van der Waals surface area contributed by atoms with Crippen molar-refractivity contribution >= 4 is 43.7 Å². The summed E-state index contributed by atoms with van der Waals surface area (Å²) in [6.07, 6.45) is 0. The highest BCUT2D eigenvalue weighted by Crippen LogP contribution is 2.30. The molecule has 32 heavy (non-hydrogen) atoms. The maximum Gasteiger partial charge on any atom is 0.0935 e. The first-order valence-corrected chi connectivity index (χ1v) is 10.7. The minimum Gasteiger partial charge on any atom is -0.150 e. The summed E-state index contributed by atoms with van der Waals surface area (Å²) in [5.74, 6) is 0. The average Bonchev–Trinajstić information content (AvgIpc) is 2.88. The van der Waals surface area contributed by atoms with Crippen LogP contribution in [0.2, 0.25) is 0 Å². The molecule has 0 saturated carbocycles. The van der Waals surface area contributed by atoms with Crippen LogP contribution in [0.3, 0.4) is 0 Å². The summed E-state index contributed by atoms with van der Waals surface area (Å²) >= 11 is 0. The molecule has 0 saturated heterocycles. The van der Waals surface area contributed by atoms with Crippen LogP contribution in [-0.4, -0.2) is 0 Å². The number of hydrogen-bond donors (Lipinski definition) is 0. The van der Waals surface area contributed by atoms with Crippen LogP contribution in [0.5, 0.6) is 0 Å². The molecule has 0 heterocycles. The van der Waals surface area contributed by atoms with E-state index >= 15 is 0 Å². The van der Waals surface area contributed by atoms with Gasteiger partial charge in [0.15, 0.2) is 0 Å². The summed E-state index contributed by atoms with van der Waals surface area (Å²) in [6.45, 7) is 0. The van der Waals surface area contributed by atoms with E-state index in [9.17, 15) is 0 Å². The molecule has 0 amide bonds. The average molecular weight is 411 g/mol. The fourth-order valence-electron chi connectivity index (χ4n) is 3.83. The molecule has 0 aliphatic heterocycles. The number of azo groups is 1. The molecule has 0 N–H and O–H groups in total. The van der Waals surface area contributed by atoms with Gasteiger partial charge in [-0.15, -0.1) is 10.2 Å². The van der Waals surface area contributed by atoms with Gasteiger partial charge in [-0.25, -0.2) is 0 Å². The maximum atomic E-state index is 4.48. The predicted molar refractivity (Wildman–Crippen MR) is 136 cm³/mol. The van der Waals surface area contributed by atoms with Crippen LogP contribution in [0.15, 0.2) is 144 Å². The molecule has 0 unspecified atom stereocenters. The molecule has 0 atom stereocenters. The Hall–Kier alpha value is -4.30. The van der Waals surface area contributed by atoms with Gasteiger partial charge in [-0.3, -0.25) is 0 Å². The lowest BCUT2D eigenvalue weighted by molar-refractivity contribution is 1.25. The maximum absolute atomic E-state index is 4.48. The first kappa shape index (κ1) is 19.7. The van der Waals surface area contributed by atoms with E-state index in [4.69, 9.17) is 0 Å². The molecule has 6 aromatic rings. The second kappa shape index (κ2) is 9.23. The molecule has 0 fully saturated rings. The van der Waals surface area contributed by atoms with Crippen LogP contribution < -0.4 is 0 Å². The molecule has 0 spiro atoms. The fourth-order valence-corrected chi connectivity index (χ4v) is 3.83. The number of fused-ring (bicyclic) bond motifs is 3. The van der Waals surface area contributed by atoms with Crippen molar-refractivity contribution in [3.05, 3.63) is 133 Å². The largest absolute Gasteiger partial charge is 0.150 e. The van der Waals surface area contributed by atoms with Gasteiger partial charge >= 0.3 is 0 Å². The highest BCUT2D eigenvalue weighted by Gasteiger charge is 2.01. The summed E-state index contributed by atoms with van der Waals surface area (Å²) < 4.78 is 0. The Labute approximate surface area is 187 Å². The van der Waals surface area contributed by atoms with Gasteiger partial charge in [0, 0.05) is 10.8 Å². The quantitative estimate of drug-likeness (QED) is 0.254. The van der Waals surface area contributed by atoms with Gasteiger partial charge in [-0.2, -0.15) is 0 Å². The van der Waals surface area contributed by atoms with Crippen molar-refractivity contribution in [2.24, 2.45) is 10.2 Å². The van der Waals surface area contributed by atoms with Gasteiger partial charge in [-0.1, -0.05) is 121 Å². The number of benzene rings is 6. The summed E-state index contributed by atoms with van der Waals surface area (Å²) in [7, 11) is 0. The smallest absolute Gasteiger partial charge is 0.0935 e. The van der Waals surface area contributed by atoms with Crippen molar-refractivity contribution < 1.29 is 0 Å². The molecular formula is C30H22N2. The molecule has 6 rings (SSSR count). The monoisotopic (exact) mass is 410 g/mol. The van der Waals surface area contributed by atoms with E-state index < -0.39 is 0 Å². The van der Waals surface area contributed by atoms with Gasteiger partial charge in [0.2, 0.25) is 0 Å². The first-order chi connectivity index (χ1) is 15.9. The van der Waals surface area contributed by atoms with Gasteiger partial charge in [0.25, 0.3) is 0 Å². The Morgan fingerprint density at radius 3 is 1.00 bits per heavy atom. The van der Waals surface area contributed by atoms with E-state index in [-0.39, 0.29) is 0 Å². The van der Waals surface area contributed by atoms with Crippen LogP contribution in [0.25, 0.3) is 32.3 Å². The minimum absolute atomic E-state index is 0.894. The molecular weight excluding hydrogens is 388 g/mol. The molecule has 2 heteroatoms. The van der Waals surface area contributed by atoms with E-state index in [1.807, 2.05) is 48.5 Å². The van der Waals surface area contributed by atoms with Crippen LogP contribution in [-0.2, 0) is 0 Å². The van der Waals surface area contributed by atoms with Crippen LogP contribution in [0.1, 0.15) is 0 Å². The van der Waals surface area contributed by atoms with Crippen LogP contribution in [0.4, 0.5) is 11.4 Å². The Morgan fingerprint density at radius 2 is 0.594 bits per heavy atom. The van der Waals surface area contributed by atoms with E-state index in [2.05, 4.69) is 95.2 Å². The predicted octanol–water partition coefficient (Wildman–Crippen LogP) is 9.25. The Kier molecular flexibility index (Phi) is 5.67. The normalized spacial score (nSPS) is 11.0. The third-order valence-corrected chi connectivity index (χ3v) is 5.46. The van der Waals surface area contributed by atoms with Crippen molar-refractivity contribution in [2.45, 2.75) is 0 Å². The van der Waals surface area contributed by atoms with Crippen molar-refractivity contribution in [1.29, 1.82) is 0 Å². The van der Waals surface area contributed by atoms with Crippen molar-refractivity contribution in [2.75, 3.05) is 0 Å². The van der Waals surface area contributed by atoms with E-state index in [1.54, 1.807) is 0 Å². The topological polar surface area (TPSA) is 24.7 Å². The summed E-state index contributed by atoms with van der Waals surface area (Å²) in [5.41, 5.74) is 1.79. The van der Waals surface area contributed by atoms with Gasteiger partial charge in [0.05, 0.1) is 11.4 Å². The van der Waals surface area contributed by atoms with Gasteiger partial charge in [-0.05, 0) is 33.7 Å². The fraction of sp³-hybridized carbons (Fsp3) is 0. The molecule has 2 nitrogen and oxygen atoms in total. The van der Waals surface area contributed by atoms with Crippen molar-refractivity contribution in [3.63, 3.8) is 0 Å². The lowest BCUT2D eigenvalue weighted by atomic mass is 10.1. The highest BCUT2D eigenvalue weighted by atomic mass is 15.1. The highest BCUT2D eigenvalue weighted by molar-refractivity contribution is 5.93. The molecule has 0 bridgehead atoms. The summed E-state index contributed by atoms with van der Waals surface area (Å²) in [6, 6.07) is 45.4. The summed E-state index contributed by atoms with van der Waals surface area (Å²) in [4.78, 5) is 0. The van der Waals surface area contributed by atoms with Crippen molar-refractivity contribution in [1.82, 2.24) is 0 Å². The Bertz CT molecular complexity index is 1380. The second-order valence-corrected chi connectivity index (χ2v) is 7.54. The SMILES string of the molecule is c1ccc2c(N=Nc3cccc4ccccc34)cccc2c1.c1ccc2ccccc2c1. The zero-order valence-electron chi connectivity index (χ0n) is 17.6. The molecule has 0 aliphatic carbocycles. The standard InChI is InChI=1S/C20H14N2.C10H8/c1-3-11-17-15(7-1)9-5-13-19(17)21-22-20-14-6-10-16-8-2-4-12-18(16)20;1-2-6-10-8-4-3-7-9(10)5-1/h1-14H;1-8H. The molecule has 0 radical (unpaired) electrons. The number of nitrogens with zero attached hydrogens (tertiary/aromatic N) is 2. The zero-order chi connectivity index (χ0) is 21.6. The van der Waals surface area contributed by atoms with Crippen LogP contribution in [0, 0.1) is 0 Å². The molecule has 6 aromatic carbocycles. The lowest BCUT2D eigenvalue weighted by Gasteiger charge is -2.02. The van der Waals surface area contributed by atoms with E-state index in [1.165, 1.54) is 21.5 Å². The van der Waals surface area contributed by atoms with Crippen LogP contribution >= 0.6 is 0 Å². The number of rotatable bonds is 2.